The predicted octanol–water partition coefficient (Wildman–Crippen LogP) is 2.99. The van der Waals surface area contributed by atoms with E-state index in [1.54, 1.807) is 0 Å². The molecule has 2 unspecified atom stereocenters. The molecule has 0 fully saturated rings. The second-order valence-corrected chi connectivity index (χ2v) is 5.30. The third-order valence-corrected chi connectivity index (χ3v) is 3.91. The van der Waals surface area contributed by atoms with E-state index < -0.39 is 0 Å². The summed E-state index contributed by atoms with van der Waals surface area (Å²) in [4.78, 5) is 4.37. The highest BCUT2D eigenvalue weighted by atomic mass is 15.3. The summed E-state index contributed by atoms with van der Waals surface area (Å²) >= 11 is 0. The molecule has 0 spiro atoms. The van der Waals surface area contributed by atoms with Crippen molar-refractivity contribution in [2.45, 2.75) is 38.6 Å². The monoisotopic (exact) mass is 256 g/mol. The Labute approximate surface area is 113 Å². The summed E-state index contributed by atoms with van der Waals surface area (Å²) in [7, 11) is 0. The van der Waals surface area contributed by atoms with Crippen LogP contribution in [0.2, 0.25) is 0 Å². The molecule has 3 atom stereocenters. The lowest BCUT2D eigenvalue weighted by Crippen LogP contribution is -2.25. The van der Waals surface area contributed by atoms with Crippen LogP contribution in [0.4, 0.5) is 0 Å². The van der Waals surface area contributed by atoms with Gasteiger partial charge in [0.2, 0.25) is 0 Å². The highest BCUT2D eigenvalue weighted by molar-refractivity contribution is 5.91. The van der Waals surface area contributed by atoms with E-state index in [1.165, 1.54) is 18.4 Å². The average molecular weight is 256 g/mol. The zero-order valence-electron chi connectivity index (χ0n) is 11.5. The zero-order chi connectivity index (χ0) is 13.2. The molecular formula is C15H20N4. The van der Waals surface area contributed by atoms with E-state index in [-0.39, 0.29) is 0 Å². The van der Waals surface area contributed by atoms with Crippen molar-refractivity contribution in [3.05, 3.63) is 42.5 Å². The van der Waals surface area contributed by atoms with E-state index >= 15 is 0 Å². The number of hydrogen-bond donors (Lipinski definition) is 1. The molecule has 2 aliphatic rings. The normalized spacial score (nSPS) is 25.9. The topological polar surface area (TPSA) is 42.2 Å². The number of allylic oxidation sites excluding steroid dienone is 1. The molecule has 19 heavy (non-hydrogen) atoms. The highest BCUT2D eigenvalue weighted by Gasteiger charge is 2.29. The third-order valence-electron chi connectivity index (χ3n) is 3.91. The van der Waals surface area contributed by atoms with Crippen molar-refractivity contribution >= 4 is 5.84 Å². The smallest absolute Gasteiger partial charge is 0.113 e. The number of nitrogens with one attached hydrogen (secondary N) is 1. The van der Waals surface area contributed by atoms with Crippen molar-refractivity contribution in [1.82, 2.24) is 15.1 Å². The molecule has 2 aliphatic heterocycles. The summed E-state index contributed by atoms with van der Waals surface area (Å²) in [6, 6.07) is 0.469. The lowest BCUT2D eigenvalue weighted by Gasteiger charge is -2.21. The van der Waals surface area contributed by atoms with E-state index in [0.717, 1.165) is 5.84 Å². The molecule has 1 N–H and O–H groups in total. The van der Waals surface area contributed by atoms with Crippen LogP contribution >= 0.6 is 0 Å². The second kappa shape index (κ2) is 5.03. The maximum atomic E-state index is 4.52. The van der Waals surface area contributed by atoms with Gasteiger partial charge in [0.15, 0.2) is 0 Å². The fourth-order valence-electron chi connectivity index (χ4n) is 2.81. The summed E-state index contributed by atoms with van der Waals surface area (Å²) in [5.74, 6) is 1.73. The Balaban J connectivity index is 1.81. The van der Waals surface area contributed by atoms with Gasteiger partial charge in [0.25, 0.3) is 0 Å². The number of amidine groups is 1. The van der Waals surface area contributed by atoms with E-state index in [1.807, 2.05) is 18.6 Å². The Kier molecular flexibility index (Phi) is 3.23. The van der Waals surface area contributed by atoms with Gasteiger partial charge in [0.1, 0.15) is 5.84 Å². The van der Waals surface area contributed by atoms with Gasteiger partial charge in [0, 0.05) is 30.3 Å². The summed E-state index contributed by atoms with van der Waals surface area (Å²) < 4.78 is 2.09. The van der Waals surface area contributed by atoms with Gasteiger partial charge in [-0.3, -0.25) is 4.68 Å². The zero-order valence-corrected chi connectivity index (χ0v) is 11.5. The van der Waals surface area contributed by atoms with E-state index in [9.17, 15) is 0 Å². The Morgan fingerprint density at radius 2 is 2.26 bits per heavy atom. The molecule has 0 saturated carbocycles. The van der Waals surface area contributed by atoms with Gasteiger partial charge in [-0.2, -0.15) is 5.10 Å². The fourth-order valence-corrected chi connectivity index (χ4v) is 2.81. The molecule has 4 nitrogen and oxygen atoms in total. The summed E-state index contributed by atoms with van der Waals surface area (Å²) in [5, 5.41) is 7.72. The summed E-state index contributed by atoms with van der Waals surface area (Å²) in [6.45, 7) is 4.43. The molecule has 1 aromatic heterocycles. The SMILES string of the molecule is CCC[C@@H](C)n1cc(C2C=CN=C3NC=CC32)cn1. The third kappa shape index (κ3) is 2.23. The average Bonchev–Trinajstić information content (AvgIpc) is 3.07. The second-order valence-electron chi connectivity index (χ2n) is 5.30. The first-order valence-electron chi connectivity index (χ1n) is 7.01. The molecule has 0 bridgehead atoms. The predicted molar refractivity (Wildman–Crippen MR) is 76.9 cm³/mol. The van der Waals surface area contributed by atoms with Gasteiger partial charge in [0.05, 0.1) is 6.20 Å². The van der Waals surface area contributed by atoms with Crippen molar-refractivity contribution in [1.29, 1.82) is 0 Å². The minimum Gasteiger partial charge on any atom is -0.350 e. The van der Waals surface area contributed by atoms with Crippen LogP contribution in [-0.4, -0.2) is 15.6 Å². The fraction of sp³-hybridized carbons (Fsp3) is 0.467. The largest absolute Gasteiger partial charge is 0.350 e. The minimum absolute atomic E-state index is 0.337. The van der Waals surface area contributed by atoms with Crippen LogP contribution in [0.3, 0.4) is 0 Å². The quantitative estimate of drug-likeness (QED) is 0.900. The van der Waals surface area contributed by atoms with Gasteiger partial charge in [-0.25, -0.2) is 4.99 Å². The van der Waals surface area contributed by atoms with Crippen LogP contribution in [0.5, 0.6) is 0 Å². The Bertz CT molecular complexity index is 538. The molecule has 0 amide bonds. The number of aliphatic imine (C=N–C) groups is 1. The van der Waals surface area contributed by atoms with Crippen LogP contribution in [0.1, 0.15) is 44.2 Å². The molecular weight excluding hydrogens is 236 g/mol. The van der Waals surface area contributed by atoms with Crippen LogP contribution in [-0.2, 0) is 0 Å². The maximum Gasteiger partial charge on any atom is 0.113 e. The molecule has 100 valence electrons. The number of nitrogens with zero attached hydrogens (tertiary/aromatic N) is 3. The van der Waals surface area contributed by atoms with Crippen molar-refractivity contribution in [2.24, 2.45) is 10.9 Å². The summed E-state index contributed by atoms with van der Waals surface area (Å²) in [5.41, 5.74) is 1.27. The molecule has 0 radical (unpaired) electrons. The van der Waals surface area contributed by atoms with Gasteiger partial charge in [-0.15, -0.1) is 0 Å². The lowest BCUT2D eigenvalue weighted by molar-refractivity contribution is 0.454. The first-order valence-corrected chi connectivity index (χ1v) is 7.01. The Morgan fingerprint density at radius 1 is 1.37 bits per heavy atom. The first kappa shape index (κ1) is 12.2. The van der Waals surface area contributed by atoms with E-state index in [4.69, 9.17) is 0 Å². The highest BCUT2D eigenvalue weighted by Crippen LogP contribution is 2.32. The number of aromatic nitrogens is 2. The molecule has 1 aromatic rings. The van der Waals surface area contributed by atoms with E-state index in [0.29, 0.717) is 17.9 Å². The number of rotatable bonds is 4. The van der Waals surface area contributed by atoms with Crippen molar-refractivity contribution in [2.75, 3.05) is 0 Å². The van der Waals surface area contributed by atoms with Crippen molar-refractivity contribution in [3.63, 3.8) is 0 Å². The number of fused-ring (bicyclic) bond motifs is 1. The van der Waals surface area contributed by atoms with Crippen molar-refractivity contribution < 1.29 is 0 Å². The Hall–Kier alpha value is -1.84. The number of hydrogen-bond acceptors (Lipinski definition) is 3. The minimum atomic E-state index is 0.337. The van der Waals surface area contributed by atoms with Crippen LogP contribution in [0.25, 0.3) is 0 Å². The van der Waals surface area contributed by atoms with Gasteiger partial charge in [-0.05, 0) is 25.1 Å². The molecule has 4 heteroatoms. The molecule has 3 heterocycles. The van der Waals surface area contributed by atoms with Gasteiger partial charge in [-0.1, -0.05) is 25.5 Å². The van der Waals surface area contributed by atoms with E-state index in [2.05, 4.69) is 52.3 Å². The van der Waals surface area contributed by atoms with Gasteiger partial charge >= 0.3 is 0 Å². The van der Waals surface area contributed by atoms with Gasteiger partial charge < -0.3 is 5.32 Å². The first-order chi connectivity index (χ1) is 9.29. The van der Waals surface area contributed by atoms with Crippen LogP contribution in [0, 0.1) is 5.92 Å². The molecule has 3 rings (SSSR count). The lowest BCUT2D eigenvalue weighted by atomic mass is 9.86. The maximum absolute atomic E-state index is 4.52. The molecule has 0 aromatic carbocycles. The van der Waals surface area contributed by atoms with Crippen LogP contribution in [0.15, 0.2) is 41.9 Å². The Morgan fingerprint density at radius 3 is 3.11 bits per heavy atom. The van der Waals surface area contributed by atoms with Crippen LogP contribution < -0.4 is 5.32 Å². The summed E-state index contributed by atoms with van der Waals surface area (Å²) in [6.07, 6.45) is 14.7. The molecule has 0 aliphatic carbocycles. The van der Waals surface area contributed by atoms with Crippen molar-refractivity contribution in [3.8, 4) is 0 Å². The standard InChI is InChI=1S/C15H20N4/c1-3-4-11(2)19-10-12(9-18-19)13-5-7-16-15-14(13)6-8-17-15/h5-11,13-14H,3-4H2,1-2H3,(H,16,17)/t11-,13?,14?/m1/s1. The molecule has 0 saturated heterocycles.